The van der Waals surface area contributed by atoms with Crippen molar-refractivity contribution in [2.75, 3.05) is 7.11 Å². The molecule has 0 aromatic heterocycles. The molecule has 2 heteroatoms. The van der Waals surface area contributed by atoms with Gasteiger partial charge in [-0.1, -0.05) is 0 Å². The van der Waals surface area contributed by atoms with Gasteiger partial charge in [-0.15, -0.1) is 0 Å². The summed E-state index contributed by atoms with van der Waals surface area (Å²) in [5, 5.41) is 0. The van der Waals surface area contributed by atoms with E-state index in [-0.39, 0.29) is 11.9 Å². The SMILES string of the molecule is COC(=O)C1CC2C3CCC3C12. The van der Waals surface area contributed by atoms with E-state index in [1.165, 1.54) is 20.0 Å². The topological polar surface area (TPSA) is 26.3 Å². The molecule has 3 aliphatic carbocycles. The molecule has 0 heterocycles. The maximum Gasteiger partial charge on any atom is 0.308 e. The van der Waals surface area contributed by atoms with E-state index in [0.29, 0.717) is 0 Å². The Morgan fingerprint density at radius 1 is 1.25 bits per heavy atom. The first-order valence-corrected chi connectivity index (χ1v) is 4.90. The quantitative estimate of drug-likeness (QED) is 0.551. The van der Waals surface area contributed by atoms with Gasteiger partial charge in [-0.3, -0.25) is 4.79 Å². The van der Waals surface area contributed by atoms with Gasteiger partial charge in [0.25, 0.3) is 0 Å². The van der Waals surface area contributed by atoms with Crippen LogP contribution < -0.4 is 0 Å². The Balaban J connectivity index is 1.69. The van der Waals surface area contributed by atoms with Crippen molar-refractivity contribution in [1.82, 2.24) is 0 Å². The summed E-state index contributed by atoms with van der Waals surface area (Å²) in [5.41, 5.74) is 0. The fourth-order valence-electron chi connectivity index (χ4n) is 3.61. The van der Waals surface area contributed by atoms with Gasteiger partial charge in [0, 0.05) is 0 Å². The Hall–Kier alpha value is -0.530. The molecule has 12 heavy (non-hydrogen) atoms. The number of carbonyl (C=O) groups excluding carboxylic acids is 1. The molecule has 0 N–H and O–H groups in total. The normalized spacial score (nSPS) is 53.6. The predicted octanol–water partition coefficient (Wildman–Crippen LogP) is 1.45. The molecule has 5 atom stereocenters. The number of ether oxygens (including phenoxy) is 1. The Labute approximate surface area is 72.3 Å². The number of carbonyl (C=O) groups is 1. The number of fused-ring (bicyclic) bond motifs is 4. The molecule has 0 aromatic rings. The molecule has 3 aliphatic rings. The lowest BCUT2D eigenvalue weighted by Crippen LogP contribution is -2.64. The van der Waals surface area contributed by atoms with Crippen molar-refractivity contribution >= 4 is 5.97 Å². The lowest BCUT2D eigenvalue weighted by Gasteiger charge is -2.68. The Kier molecular flexibility index (Phi) is 1.18. The molecule has 0 amide bonds. The summed E-state index contributed by atoms with van der Waals surface area (Å²) >= 11 is 0. The number of rotatable bonds is 1. The molecule has 0 radical (unpaired) electrons. The monoisotopic (exact) mass is 166 g/mol. The van der Waals surface area contributed by atoms with Gasteiger partial charge >= 0.3 is 5.97 Å². The van der Waals surface area contributed by atoms with Crippen LogP contribution in [0.1, 0.15) is 19.3 Å². The smallest absolute Gasteiger partial charge is 0.308 e. The number of methoxy groups -OCH3 is 1. The maximum absolute atomic E-state index is 11.2. The first kappa shape index (κ1) is 6.93. The van der Waals surface area contributed by atoms with Crippen LogP contribution in [0.2, 0.25) is 0 Å². The third kappa shape index (κ3) is 0.572. The standard InChI is InChI=1S/C10H14O2/c1-12-10(11)8-4-7-5-2-3-6(5)9(7)8/h5-9H,2-4H2,1H3. The van der Waals surface area contributed by atoms with Crippen molar-refractivity contribution in [2.24, 2.45) is 29.6 Å². The van der Waals surface area contributed by atoms with Gasteiger partial charge < -0.3 is 4.74 Å². The van der Waals surface area contributed by atoms with Crippen molar-refractivity contribution in [3.05, 3.63) is 0 Å². The second-order valence-corrected chi connectivity index (χ2v) is 4.51. The van der Waals surface area contributed by atoms with Crippen LogP contribution in [0.5, 0.6) is 0 Å². The largest absolute Gasteiger partial charge is 0.469 e. The van der Waals surface area contributed by atoms with Crippen LogP contribution in [0.3, 0.4) is 0 Å². The minimum Gasteiger partial charge on any atom is -0.469 e. The Morgan fingerprint density at radius 3 is 2.50 bits per heavy atom. The van der Waals surface area contributed by atoms with Crippen molar-refractivity contribution < 1.29 is 9.53 Å². The second-order valence-electron chi connectivity index (χ2n) is 4.51. The van der Waals surface area contributed by atoms with E-state index in [2.05, 4.69) is 0 Å². The fourth-order valence-corrected chi connectivity index (χ4v) is 3.61. The van der Waals surface area contributed by atoms with E-state index in [1.54, 1.807) is 0 Å². The molecule has 0 saturated heterocycles. The highest BCUT2D eigenvalue weighted by Gasteiger charge is 2.65. The summed E-state index contributed by atoms with van der Waals surface area (Å²) in [5.74, 6) is 3.89. The lowest BCUT2D eigenvalue weighted by atomic mass is 9.36. The third-order valence-electron chi connectivity index (χ3n) is 4.42. The second kappa shape index (κ2) is 2.04. The number of esters is 1. The van der Waals surface area contributed by atoms with Crippen LogP contribution in [0.15, 0.2) is 0 Å². The highest BCUT2D eigenvalue weighted by atomic mass is 16.5. The van der Waals surface area contributed by atoms with Crippen LogP contribution in [0.25, 0.3) is 0 Å². The first-order chi connectivity index (χ1) is 5.83. The highest BCUT2D eigenvalue weighted by molar-refractivity contribution is 5.74. The van der Waals surface area contributed by atoms with Crippen LogP contribution >= 0.6 is 0 Å². The van der Waals surface area contributed by atoms with E-state index in [0.717, 1.165) is 30.1 Å². The maximum atomic E-state index is 11.2. The van der Waals surface area contributed by atoms with Crippen LogP contribution in [0, 0.1) is 29.6 Å². The summed E-state index contributed by atoms with van der Waals surface area (Å²) in [6.45, 7) is 0. The number of hydrogen-bond acceptors (Lipinski definition) is 2. The number of hydrogen-bond donors (Lipinski definition) is 0. The summed E-state index contributed by atoms with van der Waals surface area (Å²) in [6.07, 6.45) is 3.93. The summed E-state index contributed by atoms with van der Waals surface area (Å²) < 4.78 is 4.78. The van der Waals surface area contributed by atoms with Gasteiger partial charge in [0.1, 0.15) is 0 Å². The zero-order chi connectivity index (χ0) is 8.29. The van der Waals surface area contributed by atoms with E-state index in [1.807, 2.05) is 0 Å². The average Bonchev–Trinajstić information content (AvgIpc) is 2.04. The van der Waals surface area contributed by atoms with E-state index < -0.39 is 0 Å². The minimum absolute atomic E-state index is 0.0431. The zero-order valence-electron chi connectivity index (χ0n) is 7.32. The van der Waals surface area contributed by atoms with Gasteiger partial charge in [0.2, 0.25) is 0 Å². The van der Waals surface area contributed by atoms with Gasteiger partial charge in [0.15, 0.2) is 0 Å². The van der Waals surface area contributed by atoms with Crippen molar-refractivity contribution in [2.45, 2.75) is 19.3 Å². The highest BCUT2D eigenvalue weighted by Crippen LogP contribution is 2.69. The van der Waals surface area contributed by atoms with Gasteiger partial charge in [-0.2, -0.15) is 0 Å². The van der Waals surface area contributed by atoms with Crippen LogP contribution in [-0.2, 0) is 9.53 Å². The third-order valence-corrected chi connectivity index (χ3v) is 4.42. The van der Waals surface area contributed by atoms with E-state index >= 15 is 0 Å². The molecule has 0 aromatic carbocycles. The minimum atomic E-state index is 0.0431. The van der Waals surface area contributed by atoms with Crippen LogP contribution in [-0.4, -0.2) is 13.1 Å². The molecule has 2 nitrogen and oxygen atoms in total. The first-order valence-electron chi connectivity index (χ1n) is 4.90. The zero-order valence-corrected chi connectivity index (χ0v) is 7.32. The molecule has 0 aliphatic heterocycles. The molecule has 5 unspecified atom stereocenters. The lowest BCUT2D eigenvalue weighted by molar-refractivity contribution is -0.217. The molecular weight excluding hydrogens is 152 g/mol. The predicted molar refractivity (Wildman–Crippen MR) is 43.3 cm³/mol. The van der Waals surface area contributed by atoms with Crippen molar-refractivity contribution in [1.29, 1.82) is 0 Å². The molecule has 0 bridgehead atoms. The Morgan fingerprint density at radius 2 is 2.00 bits per heavy atom. The molecule has 3 saturated carbocycles. The van der Waals surface area contributed by atoms with Crippen molar-refractivity contribution in [3.63, 3.8) is 0 Å². The summed E-state index contributed by atoms with van der Waals surface area (Å²) in [4.78, 5) is 11.2. The molecule has 66 valence electrons. The van der Waals surface area contributed by atoms with Crippen LogP contribution in [0.4, 0.5) is 0 Å². The summed E-state index contributed by atoms with van der Waals surface area (Å²) in [6, 6.07) is 0. The molecule has 3 rings (SSSR count). The Bertz CT molecular complexity index is 230. The molecule has 3 fully saturated rings. The molecular formula is C10H14O2. The van der Waals surface area contributed by atoms with Gasteiger partial charge in [0.05, 0.1) is 13.0 Å². The van der Waals surface area contributed by atoms with Gasteiger partial charge in [-0.05, 0) is 42.9 Å². The van der Waals surface area contributed by atoms with E-state index in [4.69, 9.17) is 4.74 Å². The molecule has 0 spiro atoms. The van der Waals surface area contributed by atoms with E-state index in [9.17, 15) is 4.79 Å². The fraction of sp³-hybridized carbons (Fsp3) is 0.900. The summed E-state index contributed by atoms with van der Waals surface area (Å²) in [7, 11) is 1.51. The van der Waals surface area contributed by atoms with Crippen molar-refractivity contribution in [3.8, 4) is 0 Å². The van der Waals surface area contributed by atoms with Gasteiger partial charge in [-0.25, -0.2) is 0 Å². The average molecular weight is 166 g/mol.